The second-order valence-electron chi connectivity index (χ2n) is 5.58. The van der Waals surface area contributed by atoms with E-state index in [0.29, 0.717) is 12.0 Å². The Bertz CT molecular complexity index is 572. The maximum absolute atomic E-state index is 5.58. The summed E-state index contributed by atoms with van der Waals surface area (Å²) in [6, 6.07) is 8.77. The molecule has 1 aromatic heterocycles. The van der Waals surface area contributed by atoms with Crippen LogP contribution in [-0.2, 0) is 11.8 Å². The van der Waals surface area contributed by atoms with Gasteiger partial charge in [0.2, 0.25) is 0 Å². The monoisotopic (exact) mass is 273 g/mol. The molecule has 108 valence electrons. The normalized spacial score (nSPS) is 20.6. The summed E-state index contributed by atoms with van der Waals surface area (Å²) in [4.78, 5) is 0. The largest absolute Gasteiger partial charge is 0.381 e. The first-order valence-electron chi connectivity index (χ1n) is 7.54. The molecule has 2 aromatic rings. The average molecular weight is 273 g/mol. The van der Waals surface area contributed by atoms with Gasteiger partial charge < -0.3 is 10.1 Å². The standard InChI is InChI=1S/C16H23N3O/c1-3-9-17-15(12-8-10-20-11-12)16-13-6-4-5-7-14(13)19(2)18-16/h4-7,12,15,17H,3,8-11H2,1-2H3. The van der Waals surface area contributed by atoms with E-state index >= 15 is 0 Å². The lowest BCUT2D eigenvalue weighted by atomic mass is 9.94. The smallest absolute Gasteiger partial charge is 0.0876 e. The predicted octanol–water partition coefficient (Wildman–Crippen LogP) is 2.65. The first-order chi connectivity index (χ1) is 9.81. The van der Waals surface area contributed by atoms with E-state index in [1.807, 2.05) is 11.7 Å². The molecule has 0 bridgehead atoms. The Morgan fingerprint density at radius 2 is 2.30 bits per heavy atom. The maximum Gasteiger partial charge on any atom is 0.0876 e. The summed E-state index contributed by atoms with van der Waals surface area (Å²) in [6.07, 6.45) is 2.25. The van der Waals surface area contributed by atoms with Gasteiger partial charge in [0.1, 0.15) is 0 Å². The van der Waals surface area contributed by atoms with Gasteiger partial charge in [0.25, 0.3) is 0 Å². The molecule has 2 unspecified atom stereocenters. The molecule has 0 radical (unpaired) electrons. The van der Waals surface area contributed by atoms with Crippen molar-refractivity contribution in [3.63, 3.8) is 0 Å². The Morgan fingerprint density at radius 3 is 3.05 bits per heavy atom. The number of para-hydroxylation sites is 1. The van der Waals surface area contributed by atoms with Gasteiger partial charge in [0.15, 0.2) is 0 Å². The number of rotatable bonds is 5. The molecule has 4 nitrogen and oxygen atoms in total. The van der Waals surface area contributed by atoms with Gasteiger partial charge in [0, 0.05) is 25.0 Å². The summed E-state index contributed by atoms with van der Waals surface area (Å²) in [5.41, 5.74) is 2.37. The minimum atomic E-state index is 0.295. The highest BCUT2D eigenvalue weighted by Crippen LogP contribution is 2.32. The van der Waals surface area contributed by atoms with Crippen molar-refractivity contribution in [1.29, 1.82) is 0 Å². The second-order valence-corrected chi connectivity index (χ2v) is 5.58. The molecule has 1 aliphatic heterocycles. The van der Waals surface area contributed by atoms with E-state index in [1.54, 1.807) is 0 Å². The summed E-state index contributed by atoms with van der Waals surface area (Å²) in [5.74, 6) is 0.528. The van der Waals surface area contributed by atoms with Gasteiger partial charge in [-0.15, -0.1) is 0 Å². The van der Waals surface area contributed by atoms with Crippen LogP contribution in [0.1, 0.15) is 31.5 Å². The van der Waals surface area contributed by atoms with Gasteiger partial charge in [-0.3, -0.25) is 4.68 Å². The molecule has 2 heterocycles. The van der Waals surface area contributed by atoms with E-state index in [1.165, 1.54) is 16.6 Å². The van der Waals surface area contributed by atoms with Crippen LogP contribution in [0, 0.1) is 5.92 Å². The molecule has 1 N–H and O–H groups in total. The van der Waals surface area contributed by atoms with Gasteiger partial charge in [0.05, 0.1) is 23.9 Å². The number of aryl methyl sites for hydroxylation is 1. The quantitative estimate of drug-likeness (QED) is 0.910. The molecule has 0 saturated carbocycles. The zero-order chi connectivity index (χ0) is 13.9. The molecular weight excluding hydrogens is 250 g/mol. The molecule has 0 spiro atoms. The van der Waals surface area contributed by atoms with Crippen molar-refractivity contribution in [3.8, 4) is 0 Å². The zero-order valence-electron chi connectivity index (χ0n) is 12.3. The Kier molecular flexibility index (Phi) is 4.03. The number of nitrogens with zero attached hydrogens (tertiary/aromatic N) is 2. The van der Waals surface area contributed by atoms with E-state index in [2.05, 4.69) is 36.5 Å². The van der Waals surface area contributed by atoms with E-state index in [0.717, 1.165) is 32.6 Å². The predicted molar refractivity (Wildman–Crippen MR) is 80.7 cm³/mol. The molecule has 0 amide bonds. The van der Waals surface area contributed by atoms with Crippen molar-refractivity contribution in [1.82, 2.24) is 15.1 Å². The molecule has 1 aromatic carbocycles. The van der Waals surface area contributed by atoms with Crippen molar-refractivity contribution < 1.29 is 4.74 Å². The number of hydrogen-bond donors (Lipinski definition) is 1. The van der Waals surface area contributed by atoms with E-state index < -0.39 is 0 Å². The summed E-state index contributed by atoms with van der Waals surface area (Å²) in [7, 11) is 2.02. The van der Waals surface area contributed by atoms with Crippen molar-refractivity contribution in [2.75, 3.05) is 19.8 Å². The number of aromatic nitrogens is 2. The van der Waals surface area contributed by atoms with Crippen LogP contribution < -0.4 is 5.32 Å². The number of fused-ring (bicyclic) bond motifs is 1. The molecule has 1 saturated heterocycles. The Balaban J connectivity index is 1.99. The topological polar surface area (TPSA) is 39.1 Å². The van der Waals surface area contributed by atoms with Crippen LogP contribution in [0.5, 0.6) is 0 Å². The Morgan fingerprint density at radius 1 is 1.45 bits per heavy atom. The summed E-state index contributed by atoms with van der Waals surface area (Å²) >= 11 is 0. The fourth-order valence-electron chi connectivity index (χ4n) is 3.07. The molecule has 1 fully saturated rings. The van der Waals surface area contributed by atoms with Crippen molar-refractivity contribution in [2.24, 2.45) is 13.0 Å². The van der Waals surface area contributed by atoms with E-state index in [9.17, 15) is 0 Å². The average Bonchev–Trinajstić information content (AvgIpc) is 3.10. The SMILES string of the molecule is CCCNC(c1nn(C)c2ccccc12)C1CCOC1. The fourth-order valence-corrected chi connectivity index (χ4v) is 3.07. The first-order valence-corrected chi connectivity index (χ1v) is 7.54. The highest BCUT2D eigenvalue weighted by molar-refractivity contribution is 5.82. The van der Waals surface area contributed by atoms with Gasteiger partial charge in [-0.25, -0.2) is 0 Å². The van der Waals surface area contributed by atoms with Crippen LogP contribution in [0.3, 0.4) is 0 Å². The number of benzene rings is 1. The molecule has 0 aliphatic carbocycles. The fraction of sp³-hybridized carbons (Fsp3) is 0.562. The number of ether oxygens (including phenoxy) is 1. The van der Waals surface area contributed by atoms with Gasteiger partial charge in [-0.1, -0.05) is 25.1 Å². The van der Waals surface area contributed by atoms with E-state index in [4.69, 9.17) is 9.84 Å². The third-order valence-corrected chi connectivity index (χ3v) is 4.13. The second kappa shape index (κ2) is 5.94. The molecular formula is C16H23N3O. The maximum atomic E-state index is 5.58. The molecule has 3 rings (SSSR count). The molecule has 1 aliphatic rings. The highest BCUT2D eigenvalue weighted by Gasteiger charge is 2.29. The zero-order valence-corrected chi connectivity index (χ0v) is 12.3. The minimum absolute atomic E-state index is 0.295. The Hall–Kier alpha value is -1.39. The summed E-state index contributed by atoms with van der Waals surface area (Å²) < 4.78 is 7.57. The third kappa shape index (κ3) is 2.45. The van der Waals surface area contributed by atoms with Gasteiger partial charge in [-0.2, -0.15) is 5.10 Å². The van der Waals surface area contributed by atoms with Crippen LogP contribution in [0.2, 0.25) is 0 Å². The van der Waals surface area contributed by atoms with E-state index in [-0.39, 0.29) is 0 Å². The number of hydrogen-bond acceptors (Lipinski definition) is 3. The van der Waals surface area contributed by atoms with Crippen LogP contribution in [0.15, 0.2) is 24.3 Å². The molecule has 20 heavy (non-hydrogen) atoms. The minimum Gasteiger partial charge on any atom is -0.381 e. The van der Waals surface area contributed by atoms with Crippen molar-refractivity contribution in [3.05, 3.63) is 30.0 Å². The number of nitrogens with one attached hydrogen (secondary N) is 1. The van der Waals surface area contributed by atoms with Crippen molar-refractivity contribution >= 4 is 10.9 Å². The molecule has 4 heteroatoms. The lowest BCUT2D eigenvalue weighted by Gasteiger charge is -2.22. The van der Waals surface area contributed by atoms with Crippen molar-refractivity contribution in [2.45, 2.75) is 25.8 Å². The first kappa shape index (κ1) is 13.6. The highest BCUT2D eigenvalue weighted by atomic mass is 16.5. The lowest BCUT2D eigenvalue weighted by molar-refractivity contribution is 0.176. The van der Waals surface area contributed by atoms with Crippen LogP contribution in [0.25, 0.3) is 10.9 Å². The Labute approximate surface area is 120 Å². The van der Waals surface area contributed by atoms with Crippen LogP contribution in [0.4, 0.5) is 0 Å². The van der Waals surface area contributed by atoms with Crippen LogP contribution in [-0.4, -0.2) is 29.5 Å². The summed E-state index contributed by atoms with van der Waals surface area (Å²) in [5, 5.41) is 9.72. The van der Waals surface area contributed by atoms with Gasteiger partial charge >= 0.3 is 0 Å². The molecule has 2 atom stereocenters. The lowest BCUT2D eigenvalue weighted by Crippen LogP contribution is -2.30. The van der Waals surface area contributed by atoms with Gasteiger partial charge in [-0.05, 0) is 25.5 Å². The summed E-state index contributed by atoms with van der Waals surface area (Å²) in [6.45, 7) is 4.93. The van der Waals surface area contributed by atoms with Crippen LogP contribution >= 0.6 is 0 Å². The third-order valence-electron chi connectivity index (χ3n) is 4.13.